The Bertz CT molecular complexity index is 555. The van der Waals surface area contributed by atoms with Crippen molar-refractivity contribution in [1.82, 2.24) is 9.97 Å². The summed E-state index contributed by atoms with van der Waals surface area (Å²) in [6.07, 6.45) is -3.81. The summed E-state index contributed by atoms with van der Waals surface area (Å²) in [5.41, 5.74) is -0.533. The van der Waals surface area contributed by atoms with Crippen molar-refractivity contribution in [2.45, 2.75) is 45.1 Å². The van der Waals surface area contributed by atoms with Crippen LogP contribution < -0.4 is 5.56 Å². The first-order chi connectivity index (χ1) is 9.45. The Morgan fingerprint density at radius 1 is 1.33 bits per heavy atom. The third kappa shape index (κ3) is 4.77. The Balaban J connectivity index is 2.87. The second kappa shape index (κ2) is 6.43. The van der Waals surface area contributed by atoms with Gasteiger partial charge in [-0.05, 0) is 15.9 Å². The summed E-state index contributed by atoms with van der Waals surface area (Å²) in [7, 11) is 0. The number of hydrogen-bond donors (Lipinski definition) is 1. The van der Waals surface area contributed by atoms with Crippen LogP contribution in [0.4, 0.5) is 17.6 Å². The van der Waals surface area contributed by atoms with Gasteiger partial charge in [-0.25, -0.2) is 13.8 Å². The molecule has 0 radical (unpaired) electrons. The quantitative estimate of drug-likeness (QED) is 0.804. The maximum atomic E-state index is 12.7. The van der Waals surface area contributed by atoms with Crippen LogP contribution in [0.2, 0.25) is 0 Å². The summed E-state index contributed by atoms with van der Waals surface area (Å²) in [4.78, 5) is 18.2. The lowest BCUT2D eigenvalue weighted by atomic mass is 9.92. The van der Waals surface area contributed by atoms with E-state index in [-0.39, 0.29) is 10.3 Å². The van der Waals surface area contributed by atoms with E-state index >= 15 is 0 Å². The van der Waals surface area contributed by atoms with Gasteiger partial charge in [-0.3, -0.25) is 4.79 Å². The molecular formula is C12H15BrF4N2O2. The van der Waals surface area contributed by atoms with E-state index in [0.717, 1.165) is 0 Å². The molecule has 1 N–H and O–H groups in total. The number of halogens is 5. The highest BCUT2D eigenvalue weighted by Gasteiger charge is 2.41. The van der Waals surface area contributed by atoms with Gasteiger partial charge in [0.05, 0.1) is 5.69 Å². The van der Waals surface area contributed by atoms with Crippen LogP contribution in [0.25, 0.3) is 0 Å². The number of aromatic nitrogens is 2. The lowest BCUT2D eigenvalue weighted by Gasteiger charge is -2.20. The summed E-state index contributed by atoms with van der Waals surface area (Å²) >= 11 is 3.10. The molecular weight excluding hydrogens is 360 g/mol. The van der Waals surface area contributed by atoms with Gasteiger partial charge in [0.15, 0.2) is 0 Å². The first kappa shape index (κ1) is 18.1. The molecule has 0 unspecified atom stereocenters. The van der Waals surface area contributed by atoms with Gasteiger partial charge in [-0.1, -0.05) is 20.8 Å². The number of H-pyrrole nitrogens is 1. The number of aromatic amines is 1. The highest BCUT2D eigenvalue weighted by molar-refractivity contribution is 9.10. The average Bonchev–Trinajstić information content (AvgIpc) is 2.31. The van der Waals surface area contributed by atoms with Gasteiger partial charge < -0.3 is 9.72 Å². The molecule has 0 spiro atoms. The largest absolute Gasteiger partial charge is 0.367 e. The Kier molecular flexibility index (Phi) is 5.54. The van der Waals surface area contributed by atoms with E-state index in [9.17, 15) is 22.4 Å². The molecule has 120 valence electrons. The molecule has 4 nitrogen and oxygen atoms in total. The zero-order valence-corrected chi connectivity index (χ0v) is 13.2. The molecule has 0 bridgehead atoms. The Hall–Kier alpha value is -0.960. The van der Waals surface area contributed by atoms with E-state index in [1.54, 1.807) is 0 Å². The molecule has 0 aliphatic rings. The molecule has 0 saturated heterocycles. The third-order valence-corrected chi connectivity index (χ3v) is 3.21. The van der Waals surface area contributed by atoms with Crippen molar-refractivity contribution in [3.05, 3.63) is 26.3 Å². The molecule has 21 heavy (non-hydrogen) atoms. The minimum absolute atomic E-state index is 0.00167. The number of rotatable bonds is 5. The first-order valence-corrected chi connectivity index (χ1v) is 6.77. The smallest absolute Gasteiger partial charge is 0.330 e. The number of ether oxygens (including phenoxy) is 1. The molecule has 1 aromatic rings. The number of nitrogens with one attached hydrogen (secondary N) is 1. The van der Waals surface area contributed by atoms with Gasteiger partial charge in [0.2, 0.25) is 0 Å². The van der Waals surface area contributed by atoms with E-state index in [4.69, 9.17) is 0 Å². The topological polar surface area (TPSA) is 55.0 Å². The van der Waals surface area contributed by atoms with Crippen molar-refractivity contribution in [1.29, 1.82) is 0 Å². The van der Waals surface area contributed by atoms with Gasteiger partial charge >= 0.3 is 12.3 Å². The predicted octanol–water partition coefficient (Wildman–Crippen LogP) is 3.25. The van der Waals surface area contributed by atoms with Crippen LogP contribution in [-0.2, 0) is 16.8 Å². The fourth-order valence-corrected chi connectivity index (χ4v) is 2.20. The van der Waals surface area contributed by atoms with Crippen LogP contribution in [0.15, 0.2) is 9.27 Å². The standard InChI is InChI=1S/C12H15BrF4N2O2/c1-11(2,3)8-7(13)9(20)19-6(18-8)4-21-5-12(16,17)10(14)15/h10H,4-5H2,1-3H3,(H,18,19,20). The van der Waals surface area contributed by atoms with Crippen LogP contribution in [0.3, 0.4) is 0 Å². The Morgan fingerprint density at radius 2 is 1.90 bits per heavy atom. The van der Waals surface area contributed by atoms with Gasteiger partial charge in [-0.2, -0.15) is 8.78 Å². The van der Waals surface area contributed by atoms with Crippen molar-refractivity contribution in [3.63, 3.8) is 0 Å². The highest BCUT2D eigenvalue weighted by Crippen LogP contribution is 2.26. The summed E-state index contributed by atoms with van der Waals surface area (Å²) < 4.78 is 54.1. The van der Waals surface area contributed by atoms with Crippen LogP contribution >= 0.6 is 15.9 Å². The average molecular weight is 375 g/mol. The van der Waals surface area contributed by atoms with Gasteiger partial charge in [-0.15, -0.1) is 0 Å². The van der Waals surface area contributed by atoms with E-state index in [1.165, 1.54) is 0 Å². The summed E-state index contributed by atoms with van der Waals surface area (Å²) in [5, 5.41) is 0. The summed E-state index contributed by atoms with van der Waals surface area (Å²) in [6.45, 7) is 3.50. The normalized spacial score (nSPS) is 13.0. The van der Waals surface area contributed by atoms with Crippen LogP contribution in [0.1, 0.15) is 32.3 Å². The van der Waals surface area contributed by atoms with Crippen LogP contribution in [0, 0.1) is 0 Å². The van der Waals surface area contributed by atoms with E-state index < -0.39 is 36.5 Å². The molecule has 1 aromatic heterocycles. The number of nitrogens with zero attached hydrogens (tertiary/aromatic N) is 1. The lowest BCUT2D eigenvalue weighted by Crippen LogP contribution is -2.32. The third-order valence-electron chi connectivity index (χ3n) is 2.47. The Morgan fingerprint density at radius 3 is 2.38 bits per heavy atom. The molecule has 0 fully saturated rings. The SMILES string of the molecule is CC(C)(C)c1nc(COCC(F)(F)C(F)F)[nH]c(=O)c1Br. The van der Waals surface area contributed by atoms with Gasteiger partial charge in [0.1, 0.15) is 23.5 Å². The van der Waals surface area contributed by atoms with Crippen molar-refractivity contribution in [3.8, 4) is 0 Å². The van der Waals surface area contributed by atoms with Crippen molar-refractivity contribution in [2.24, 2.45) is 0 Å². The van der Waals surface area contributed by atoms with Crippen LogP contribution in [0.5, 0.6) is 0 Å². The predicted molar refractivity (Wildman–Crippen MR) is 71.9 cm³/mol. The number of alkyl halides is 4. The molecule has 0 aliphatic heterocycles. The molecule has 0 atom stereocenters. The molecule has 0 amide bonds. The zero-order valence-electron chi connectivity index (χ0n) is 11.6. The molecule has 9 heteroatoms. The van der Waals surface area contributed by atoms with E-state index in [1.807, 2.05) is 20.8 Å². The first-order valence-electron chi connectivity index (χ1n) is 5.98. The van der Waals surface area contributed by atoms with E-state index in [0.29, 0.717) is 5.69 Å². The fraction of sp³-hybridized carbons (Fsp3) is 0.667. The molecule has 0 aliphatic carbocycles. The van der Waals surface area contributed by atoms with Crippen LogP contribution in [-0.4, -0.2) is 28.9 Å². The lowest BCUT2D eigenvalue weighted by molar-refractivity contribution is -0.168. The molecule has 0 saturated carbocycles. The van der Waals surface area contributed by atoms with Crippen molar-refractivity contribution >= 4 is 15.9 Å². The van der Waals surface area contributed by atoms with Gasteiger partial charge in [0, 0.05) is 5.41 Å². The van der Waals surface area contributed by atoms with Crippen molar-refractivity contribution < 1.29 is 22.3 Å². The summed E-state index contributed by atoms with van der Waals surface area (Å²) in [5.74, 6) is -4.24. The van der Waals surface area contributed by atoms with Crippen molar-refractivity contribution in [2.75, 3.05) is 6.61 Å². The second-order valence-electron chi connectivity index (χ2n) is 5.48. The van der Waals surface area contributed by atoms with E-state index in [2.05, 4.69) is 30.6 Å². The minimum Gasteiger partial charge on any atom is -0.367 e. The second-order valence-corrected chi connectivity index (χ2v) is 6.27. The molecule has 1 heterocycles. The minimum atomic E-state index is -4.23. The number of hydrogen-bond acceptors (Lipinski definition) is 3. The molecule has 0 aromatic carbocycles. The maximum absolute atomic E-state index is 12.7. The van der Waals surface area contributed by atoms with Gasteiger partial charge in [0.25, 0.3) is 5.56 Å². The highest BCUT2D eigenvalue weighted by atomic mass is 79.9. The maximum Gasteiger partial charge on any atom is 0.330 e. The molecule has 1 rings (SSSR count). The monoisotopic (exact) mass is 374 g/mol. The fourth-order valence-electron chi connectivity index (χ4n) is 1.42. The Labute approximate surface area is 127 Å². The zero-order chi connectivity index (χ0) is 16.4. The summed E-state index contributed by atoms with van der Waals surface area (Å²) in [6, 6.07) is 0.